The molecule has 24 heavy (non-hydrogen) atoms. The van der Waals surface area contributed by atoms with Gasteiger partial charge in [0.2, 0.25) is 0 Å². The van der Waals surface area contributed by atoms with Crippen LogP contribution in [0.25, 0.3) is 11.1 Å². The summed E-state index contributed by atoms with van der Waals surface area (Å²) in [5, 5.41) is 13.3. The molecule has 2 aromatic rings. The lowest BCUT2D eigenvalue weighted by molar-refractivity contribution is 0.0687. The molecular formula is C19H25N3O2. The summed E-state index contributed by atoms with van der Waals surface area (Å²) < 4.78 is 5.89. The summed E-state index contributed by atoms with van der Waals surface area (Å²) in [5.41, 5.74) is 4.48. The summed E-state index contributed by atoms with van der Waals surface area (Å²) in [6.07, 6.45) is 5.83. The number of ether oxygens (including phenoxy) is 1. The molecule has 2 N–H and O–H groups in total. The smallest absolute Gasteiger partial charge is 0.159 e. The molecule has 0 bridgehead atoms. The summed E-state index contributed by atoms with van der Waals surface area (Å²) in [7, 11) is 1.95. The molecule has 1 aromatic heterocycles. The molecule has 0 unspecified atom stereocenters. The second-order valence-electron chi connectivity index (χ2n) is 6.86. The lowest BCUT2D eigenvalue weighted by Gasteiger charge is -2.19. The number of nitrogens with zero attached hydrogens (tertiary/aromatic N) is 2. The third-order valence-electron chi connectivity index (χ3n) is 4.42. The third kappa shape index (κ3) is 3.28. The lowest BCUT2D eigenvalue weighted by atomic mass is 9.95. The molecule has 2 heterocycles. The number of rotatable bonds is 4. The molecule has 1 aliphatic heterocycles. The number of aromatic nitrogens is 2. The van der Waals surface area contributed by atoms with Crippen LogP contribution in [0.1, 0.15) is 49.7 Å². The normalized spacial score (nSPS) is 18.0. The lowest BCUT2D eigenvalue weighted by Crippen LogP contribution is -2.19. The first-order valence-corrected chi connectivity index (χ1v) is 8.39. The van der Waals surface area contributed by atoms with E-state index in [4.69, 9.17) is 4.74 Å². The second kappa shape index (κ2) is 6.49. The minimum absolute atomic E-state index is 0.141. The zero-order valence-electron chi connectivity index (χ0n) is 14.8. The highest BCUT2D eigenvalue weighted by atomic mass is 16.5. The number of nitrogens with one attached hydrogen (secondary N) is 1. The fraction of sp³-hybridized carbons (Fsp3) is 0.474. The third-order valence-corrected chi connectivity index (χ3v) is 4.42. The molecule has 0 spiro atoms. The quantitative estimate of drug-likeness (QED) is 0.898. The Morgan fingerprint density at radius 3 is 2.46 bits per heavy atom. The number of anilines is 1. The van der Waals surface area contributed by atoms with Crippen molar-refractivity contribution in [3.63, 3.8) is 0 Å². The Morgan fingerprint density at radius 2 is 1.92 bits per heavy atom. The average Bonchev–Trinajstić information content (AvgIpc) is 3.07. The van der Waals surface area contributed by atoms with Crippen LogP contribution in [0.5, 0.6) is 0 Å². The van der Waals surface area contributed by atoms with E-state index in [0.717, 1.165) is 36.3 Å². The van der Waals surface area contributed by atoms with Crippen LogP contribution in [0.2, 0.25) is 0 Å². The van der Waals surface area contributed by atoms with Crippen molar-refractivity contribution in [3.05, 3.63) is 41.5 Å². The summed E-state index contributed by atoms with van der Waals surface area (Å²) in [4.78, 5) is 8.64. The molecule has 0 amide bonds. The maximum absolute atomic E-state index is 10.0. The molecule has 3 rings (SSSR count). The van der Waals surface area contributed by atoms with E-state index in [1.165, 1.54) is 11.1 Å². The van der Waals surface area contributed by atoms with Crippen LogP contribution in [0.3, 0.4) is 0 Å². The first-order chi connectivity index (χ1) is 11.4. The Balaban J connectivity index is 2.02. The van der Waals surface area contributed by atoms with Crippen molar-refractivity contribution in [2.75, 3.05) is 19.0 Å². The molecule has 1 fully saturated rings. The predicted molar refractivity (Wildman–Crippen MR) is 94.9 cm³/mol. The Hall–Kier alpha value is -1.98. The monoisotopic (exact) mass is 327 g/mol. The van der Waals surface area contributed by atoms with Crippen molar-refractivity contribution in [2.24, 2.45) is 0 Å². The van der Waals surface area contributed by atoms with Gasteiger partial charge in [0.25, 0.3) is 0 Å². The number of hydrogen-bond acceptors (Lipinski definition) is 5. The van der Waals surface area contributed by atoms with E-state index in [0.29, 0.717) is 5.82 Å². The van der Waals surface area contributed by atoms with Crippen LogP contribution < -0.4 is 5.32 Å². The van der Waals surface area contributed by atoms with Gasteiger partial charge >= 0.3 is 0 Å². The average molecular weight is 327 g/mol. The van der Waals surface area contributed by atoms with Crippen molar-refractivity contribution in [2.45, 2.75) is 45.3 Å². The van der Waals surface area contributed by atoms with Crippen LogP contribution in [-0.2, 0) is 10.3 Å². The van der Waals surface area contributed by atoms with Gasteiger partial charge in [-0.1, -0.05) is 0 Å². The highest BCUT2D eigenvalue weighted by molar-refractivity contribution is 5.71. The summed E-state index contributed by atoms with van der Waals surface area (Å²) in [5.74, 6) is 0.425. The van der Waals surface area contributed by atoms with Gasteiger partial charge in [-0.05, 0) is 56.9 Å². The number of aryl methyl sites for hydroxylation is 1. The van der Waals surface area contributed by atoms with Crippen molar-refractivity contribution in [3.8, 4) is 11.1 Å². The molecule has 1 aromatic carbocycles. The highest BCUT2D eigenvalue weighted by Crippen LogP contribution is 2.38. The molecule has 5 nitrogen and oxygen atoms in total. The largest absolute Gasteiger partial charge is 0.388 e. The van der Waals surface area contributed by atoms with Crippen molar-refractivity contribution in [1.29, 1.82) is 0 Å². The maximum Gasteiger partial charge on any atom is 0.159 e. The number of aliphatic hydroxyl groups is 1. The zero-order chi connectivity index (χ0) is 17.3. The van der Waals surface area contributed by atoms with Gasteiger partial charge in [-0.15, -0.1) is 0 Å². The van der Waals surface area contributed by atoms with E-state index in [-0.39, 0.29) is 6.10 Å². The molecule has 0 aliphatic carbocycles. The molecule has 128 valence electrons. The van der Waals surface area contributed by atoms with Crippen LogP contribution >= 0.6 is 0 Å². The van der Waals surface area contributed by atoms with Gasteiger partial charge in [0, 0.05) is 42.9 Å². The van der Waals surface area contributed by atoms with Gasteiger partial charge in [-0.3, -0.25) is 0 Å². The van der Waals surface area contributed by atoms with Crippen LogP contribution in [0.15, 0.2) is 24.5 Å². The van der Waals surface area contributed by atoms with Crippen LogP contribution in [-0.4, -0.2) is 28.7 Å². The fourth-order valence-corrected chi connectivity index (χ4v) is 3.19. The Labute approximate surface area is 143 Å². The zero-order valence-corrected chi connectivity index (χ0v) is 14.8. The van der Waals surface area contributed by atoms with Gasteiger partial charge < -0.3 is 15.2 Å². The van der Waals surface area contributed by atoms with Gasteiger partial charge in [0.15, 0.2) is 5.82 Å². The molecule has 1 saturated heterocycles. The van der Waals surface area contributed by atoms with E-state index in [1.807, 2.05) is 7.05 Å². The van der Waals surface area contributed by atoms with E-state index >= 15 is 0 Å². The van der Waals surface area contributed by atoms with Gasteiger partial charge in [-0.25, -0.2) is 9.97 Å². The first kappa shape index (κ1) is 16.9. The molecule has 0 radical (unpaired) electrons. The van der Waals surface area contributed by atoms with Gasteiger partial charge in [-0.2, -0.15) is 0 Å². The Bertz CT molecular complexity index is 715. The number of hydrogen-bond donors (Lipinski definition) is 2. The van der Waals surface area contributed by atoms with Crippen LogP contribution in [0.4, 0.5) is 5.69 Å². The molecule has 0 saturated carbocycles. The van der Waals surface area contributed by atoms with Crippen molar-refractivity contribution in [1.82, 2.24) is 9.97 Å². The summed E-state index contributed by atoms with van der Waals surface area (Å²) in [6.45, 7) is 6.28. The van der Waals surface area contributed by atoms with Crippen LogP contribution in [0, 0.1) is 6.92 Å². The summed E-state index contributed by atoms with van der Waals surface area (Å²) in [6, 6.07) is 4.30. The highest BCUT2D eigenvalue weighted by Gasteiger charge is 2.23. The van der Waals surface area contributed by atoms with E-state index in [1.54, 1.807) is 26.2 Å². The van der Waals surface area contributed by atoms with E-state index < -0.39 is 5.60 Å². The minimum atomic E-state index is -1.03. The summed E-state index contributed by atoms with van der Waals surface area (Å²) >= 11 is 0. The molecular weight excluding hydrogens is 302 g/mol. The molecule has 1 aliphatic rings. The Kier molecular flexibility index (Phi) is 4.56. The topological polar surface area (TPSA) is 67.3 Å². The fourth-order valence-electron chi connectivity index (χ4n) is 3.19. The van der Waals surface area contributed by atoms with Crippen molar-refractivity contribution >= 4 is 5.69 Å². The first-order valence-electron chi connectivity index (χ1n) is 8.39. The van der Waals surface area contributed by atoms with E-state index in [9.17, 15) is 5.11 Å². The predicted octanol–water partition coefficient (Wildman–Crippen LogP) is 3.57. The minimum Gasteiger partial charge on any atom is -0.388 e. The second-order valence-corrected chi connectivity index (χ2v) is 6.86. The van der Waals surface area contributed by atoms with Gasteiger partial charge in [0.1, 0.15) is 5.60 Å². The van der Waals surface area contributed by atoms with Crippen molar-refractivity contribution < 1.29 is 9.84 Å². The number of benzene rings is 1. The van der Waals surface area contributed by atoms with Gasteiger partial charge in [0.05, 0.1) is 6.10 Å². The molecule has 1 atom stereocenters. The SMILES string of the molecule is CNc1c(C)cc(-c2cnc(C(C)(C)O)nc2)cc1[C@H]1CCCO1. The Morgan fingerprint density at radius 1 is 1.21 bits per heavy atom. The maximum atomic E-state index is 10.0. The molecule has 5 heteroatoms. The standard InChI is InChI=1S/C19H25N3O2/c1-12-8-13(14-10-21-18(22-11-14)19(2,3)23)9-15(17(12)20-4)16-6-5-7-24-16/h8-11,16,20,23H,5-7H2,1-4H3/t16-/m1/s1. The van der Waals surface area contributed by atoms with E-state index in [2.05, 4.69) is 34.3 Å².